The lowest BCUT2D eigenvalue weighted by Crippen LogP contribution is -2.50. The second-order valence-corrected chi connectivity index (χ2v) is 9.14. The molecule has 2 aliphatic rings. The summed E-state index contributed by atoms with van der Waals surface area (Å²) >= 11 is 0. The van der Waals surface area contributed by atoms with Crippen molar-refractivity contribution >= 4 is 22.8 Å². The van der Waals surface area contributed by atoms with E-state index >= 15 is 0 Å². The Kier molecular flexibility index (Phi) is 5.08. The zero-order valence-corrected chi connectivity index (χ0v) is 19.9. The molecule has 1 amide bonds. The molecule has 4 aromatic rings. The topological polar surface area (TPSA) is 120 Å². The second kappa shape index (κ2) is 8.17. The Morgan fingerprint density at radius 2 is 2.03 bits per heavy atom. The Labute approximate surface area is 202 Å². The molecular formula is C25H26N8O2. The van der Waals surface area contributed by atoms with Crippen LogP contribution in [-0.4, -0.2) is 54.6 Å². The molecule has 3 aromatic heterocycles. The molecule has 10 nitrogen and oxygen atoms in total. The highest BCUT2D eigenvalue weighted by Gasteiger charge is 2.44. The molecule has 1 saturated heterocycles. The minimum atomic E-state index is -0.858. The van der Waals surface area contributed by atoms with Gasteiger partial charge in [0.05, 0.1) is 12.2 Å². The summed E-state index contributed by atoms with van der Waals surface area (Å²) in [5, 5.41) is 6.54. The van der Waals surface area contributed by atoms with Crippen molar-refractivity contribution in [2.75, 3.05) is 18.5 Å². The third-order valence-corrected chi connectivity index (χ3v) is 6.84. The molecule has 0 radical (unpaired) electrons. The predicted octanol–water partition coefficient (Wildman–Crippen LogP) is 2.82. The van der Waals surface area contributed by atoms with Crippen molar-refractivity contribution in [1.82, 2.24) is 34.8 Å². The van der Waals surface area contributed by atoms with Crippen molar-refractivity contribution in [3.8, 4) is 22.6 Å². The number of aryl methyl sites for hydroxylation is 2. The fourth-order valence-corrected chi connectivity index (χ4v) is 4.96. The molecule has 2 aliphatic heterocycles. The van der Waals surface area contributed by atoms with Gasteiger partial charge in [0, 0.05) is 48.4 Å². The van der Waals surface area contributed by atoms with Crippen LogP contribution in [0.2, 0.25) is 0 Å². The van der Waals surface area contributed by atoms with E-state index in [4.69, 9.17) is 9.72 Å². The first kappa shape index (κ1) is 21.8. The van der Waals surface area contributed by atoms with Crippen LogP contribution < -0.4 is 10.6 Å². The van der Waals surface area contributed by atoms with Crippen LogP contribution >= 0.6 is 0 Å². The lowest BCUT2D eigenvalue weighted by atomic mass is 9.90. The number of carbonyl (C=O) groups is 1. The Hall–Kier alpha value is -3.76. The lowest BCUT2D eigenvalue weighted by molar-refractivity contribution is -0.121. The van der Waals surface area contributed by atoms with Gasteiger partial charge in [0.1, 0.15) is 34.7 Å². The molecule has 1 fully saturated rings. The van der Waals surface area contributed by atoms with Gasteiger partial charge in [0.25, 0.3) is 0 Å². The first-order chi connectivity index (χ1) is 17.0. The number of rotatable bonds is 5. The standard InChI is InChI=1S/C25H26N8O2/c1-4-33-22(16-10-26-14(2)27-11-16)31-21-20(28-13-29-23(21)33)15-5-6-19-18(9-15)25(3,24(34)30-19)32-17-7-8-35-12-17/h5-6,9-11,13,17,32H,4,7-8,12H2,1-3H3,(H,30,34)/t17-,25+/m1/s1. The van der Waals surface area contributed by atoms with E-state index in [1.807, 2.05) is 36.6 Å². The summed E-state index contributed by atoms with van der Waals surface area (Å²) in [6.45, 7) is 7.82. The van der Waals surface area contributed by atoms with E-state index in [9.17, 15) is 4.79 Å². The Morgan fingerprint density at radius 3 is 2.77 bits per heavy atom. The van der Waals surface area contributed by atoms with Crippen LogP contribution in [0.1, 0.15) is 31.7 Å². The zero-order chi connectivity index (χ0) is 24.2. The van der Waals surface area contributed by atoms with Gasteiger partial charge in [-0.1, -0.05) is 6.07 Å². The largest absolute Gasteiger partial charge is 0.380 e. The van der Waals surface area contributed by atoms with Gasteiger partial charge in [0.15, 0.2) is 5.65 Å². The molecule has 35 heavy (non-hydrogen) atoms. The number of imidazole rings is 1. The van der Waals surface area contributed by atoms with E-state index in [1.54, 1.807) is 18.7 Å². The quantitative estimate of drug-likeness (QED) is 0.457. The fraction of sp³-hybridized carbons (Fsp3) is 0.360. The van der Waals surface area contributed by atoms with E-state index in [0.717, 1.165) is 40.3 Å². The van der Waals surface area contributed by atoms with Crippen LogP contribution in [0.5, 0.6) is 0 Å². The first-order valence-electron chi connectivity index (χ1n) is 11.8. The number of hydrogen-bond donors (Lipinski definition) is 2. The highest BCUT2D eigenvalue weighted by molar-refractivity contribution is 6.06. The molecule has 178 valence electrons. The van der Waals surface area contributed by atoms with E-state index in [2.05, 4.69) is 37.5 Å². The molecule has 0 spiro atoms. The molecule has 0 unspecified atom stereocenters. The molecule has 1 aromatic carbocycles. The fourth-order valence-electron chi connectivity index (χ4n) is 4.96. The van der Waals surface area contributed by atoms with E-state index in [1.165, 1.54) is 0 Å². The Balaban J connectivity index is 1.47. The lowest BCUT2D eigenvalue weighted by Gasteiger charge is -2.27. The maximum atomic E-state index is 13.0. The summed E-state index contributed by atoms with van der Waals surface area (Å²) in [6.07, 6.45) is 5.99. The third kappa shape index (κ3) is 3.48. The zero-order valence-electron chi connectivity index (χ0n) is 19.9. The minimum Gasteiger partial charge on any atom is -0.380 e. The van der Waals surface area contributed by atoms with Crippen molar-refractivity contribution in [3.05, 3.63) is 48.3 Å². The monoisotopic (exact) mass is 470 g/mol. The number of nitrogens with one attached hydrogen (secondary N) is 2. The molecule has 5 heterocycles. The number of fused-ring (bicyclic) bond motifs is 2. The van der Waals surface area contributed by atoms with Crippen molar-refractivity contribution in [1.29, 1.82) is 0 Å². The molecule has 0 saturated carbocycles. The van der Waals surface area contributed by atoms with Gasteiger partial charge in [-0.25, -0.2) is 24.9 Å². The van der Waals surface area contributed by atoms with Crippen LogP contribution in [0.3, 0.4) is 0 Å². The highest BCUT2D eigenvalue weighted by Crippen LogP contribution is 2.40. The van der Waals surface area contributed by atoms with Crippen molar-refractivity contribution in [2.24, 2.45) is 0 Å². The number of aromatic nitrogens is 6. The van der Waals surface area contributed by atoms with Crippen LogP contribution in [-0.2, 0) is 21.6 Å². The maximum Gasteiger partial charge on any atom is 0.249 e. The molecule has 0 aliphatic carbocycles. The smallest absolute Gasteiger partial charge is 0.249 e. The van der Waals surface area contributed by atoms with Gasteiger partial charge >= 0.3 is 0 Å². The Morgan fingerprint density at radius 1 is 1.20 bits per heavy atom. The summed E-state index contributed by atoms with van der Waals surface area (Å²) in [7, 11) is 0. The molecule has 2 atom stereocenters. The van der Waals surface area contributed by atoms with Gasteiger partial charge in [-0.3, -0.25) is 10.1 Å². The van der Waals surface area contributed by atoms with E-state index < -0.39 is 5.54 Å². The minimum absolute atomic E-state index is 0.0682. The van der Waals surface area contributed by atoms with Gasteiger partial charge in [0.2, 0.25) is 5.91 Å². The normalized spacial score (nSPS) is 21.5. The van der Waals surface area contributed by atoms with Crippen LogP contribution in [0.4, 0.5) is 5.69 Å². The van der Waals surface area contributed by atoms with Crippen molar-refractivity contribution < 1.29 is 9.53 Å². The van der Waals surface area contributed by atoms with Crippen molar-refractivity contribution in [2.45, 2.75) is 45.3 Å². The van der Waals surface area contributed by atoms with Gasteiger partial charge in [-0.05, 0) is 39.3 Å². The van der Waals surface area contributed by atoms with Crippen LogP contribution in [0, 0.1) is 6.92 Å². The molecule has 10 heteroatoms. The number of anilines is 1. The van der Waals surface area contributed by atoms with Gasteiger partial charge < -0.3 is 14.6 Å². The SMILES string of the molecule is CCn1c(-c2cnc(C)nc2)nc2c(-c3ccc4c(c3)[C@](C)(N[C@@H]3CCOC3)C(=O)N4)ncnc21. The average Bonchev–Trinajstić information content (AvgIpc) is 3.57. The summed E-state index contributed by atoms with van der Waals surface area (Å²) in [6, 6.07) is 6.05. The van der Waals surface area contributed by atoms with Gasteiger partial charge in [-0.2, -0.15) is 0 Å². The summed E-state index contributed by atoms with van der Waals surface area (Å²) in [5.41, 5.74) is 4.67. The van der Waals surface area contributed by atoms with Crippen LogP contribution in [0.15, 0.2) is 36.9 Å². The number of nitrogens with zero attached hydrogens (tertiary/aromatic N) is 6. The highest BCUT2D eigenvalue weighted by atomic mass is 16.5. The van der Waals surface area contributed by atoms with Crippen molar-refractivity contribution in [3.63, 3.8) is 0 Å². The number of benzene rings is 1. The van der Waals surface area contributed by atoms with E-state index in [-0.39, 0.29) is 11.9 Å². The maximum absolute atomic E-state index is 13.0. The number of ether oxygens (including phenoxy) is 1. The summed E-state index contributed by atoms with van der Waals surface area (Å²) in [4.78, 5) is 35.7. The molecular weight excluding hydrogens is 444 g/mol. The number of amides is 1. The summed E-state index contributed by atoms with van der Waals surface area (Å²) < 4.78 is 7.55. The predicted molar refractivity (Wildman–Crippen MR) is 131 cm³/mol. The molecule has 6 rings (SSSR count). The first-order valence-corrected chi connectivity index (χ1v) is 11.8. The second-order valence-electron chi connectivity index (χ2n) is 9.14. The molecule has 0 bridgehead atoms. The number of hydrogen-bond acceptors (Lipinski definition) is 8. The number of carbonyl (C=O) groups excluding carboxylic acids is 1. The average molecular weight is 471 g/mol. The van der Waals surface area contributed by atoms with E-state index in [0.29, 0.717) is 36.8 Å². The van der Waals surface area contributed by atoms with Gasteiger partial charge in [-0.15, -0.1) is 0 Å². The Bertz CT molecular complexity index is 1440. The molecule has 2 N–H and O–H groups in total. The van der Waals surface area contributed by atoms with Crippen LogP contribution in [0.25, 0.3) is 33.8 Å². The summed E-state index contributed by atoms with van der Waals surface area (Å²) in [5.74, 6) is 1.38. The third-order valence-electron chi connectivity index (χ3n) is 6.84.